The van der Waals surface area contributed by atoms with Gasteiger partial charge in [0.25, 0.3) is 0 Å². The van der Waals surface area contributed by atoms with E-state index in [-0.39, 0.29) is 5.76 Å². The molecule has 0 bridgehead atoms. The van der Waals surface area contributed by atoms with Crippen LogP contribution in [0.3, 0.4) is 0 Å². The van der Waals surface area contributed by atoms with E-state index in [1.54, 1.807) is 6.07 Å². The number of hydrogen-bond donors (Lipinski definition) is 1. The fourth-order valence-corrected chi connectivity index (χ4v) is 1.96. The first-order chi connectivity index (χ1) is 7.95. The minimum atomic E-state index is -0.424. The SMILES string of the molecule is COC(=O)c1ccc(C[NH+](C(C)C)C(C)C)o1. The Morgan fingerprint density at radius 3 is 2.35 bits per heavy atom. The van der Waals surface area contributed by atoms with E-state index in [2.05, 4.69) is 32.4 Å². The third kappa shape index (κ3) is 3.60. The number of hydrogen-bond acceptors (Lipinski definition) is 3. The first-order valence-electron chi connectivity index (χ1n) is 5.98. The molecular weight excluding hydrogens is 218 g/mol. The first kappa shape index (κ1) is 13.8. The van der Waals surface area contributed by atoms with Crippen LogP contribution in [0.15, 0.2) is 16.5 Å². The zero-order valence-electron chi connectivity index (χ0n) is 11.2. The Balaban J connectivity index is 2.74. The van der Waals surface area contributed by atoms with Crippen molar-refractivity contribution in [2.75, 3.05) is 7.11 Å². The molecule has 0 saturated carbocycles. The van der Waals surface area contributed by atoms with Gasteiger partial charge in [0.2, 0.25) is 5.76 Å². The van der Waals surface area contributed by atoms with Crippen LogP contribution in [0.25, 0.3) is 0 Å². The number of esters is 1. The highest BCUT2D eigenvalue weighted by Gasteiger charge is 2.20. The van der Waals surface area contributed by atoms with Crippen molar-refractivity contribution in [1.29, 1.82) is 0 Å². The molecule has 4 nitrogen and oxygen atoms in total. The lowest BCUT2D eigenvalue weighted by atomic mass is 10.2. The lowest BCUT2D eigenvalue weighted by Crippen LogP contribution is -3.16. The van der Waals surface area contributed by atoms with Gasteiger partial charge in [0.15, 0.2) is 5.76 Å². The van der Waals surface area contributed by atoms with Gasteiger partial charge in [-0.25, -0.2) is 4.79 Å². The van der Waals surface area contributed by atoms with Crippen molar-refractivity contribution in [1.82, 2.24) is 0 Å². The summed E-state index contributed by atoms with van der Waals surface area (Å²) in [7, 11) is 1.35. The molecule has 0 aliphatic carbocycles. The van der Waals surface area contributed by atoms with Crippen LogP contribution >= 0.6 is 0 Å². The largest absolute Gasteiger partial charge is 0.463 e. The molecule has 0 amide bonds. The predicted octanol–water partition coefficient (Wildman–Crippen LogP) is 1.27. The Labute approximate surface area is 103 Å². The number of methoxy groups -OCH3 is 1. The molecule has 1 N–H and O–H groups in total. The van der Waals surface area contributed by atoms with Crippen LogP contribution in [0, 0.1) is 0 Å². The predicted molar refractivity (Wildman–Crippen MR) is 65.0 cm³/mol. The van der Waals surface area contributed by atoms with Gasteiger partial charge in [0.05, 0.1) is 19.2 Å². The van der Waals surface area contributed by atoms with Gasteiger partial charge in [0.1, 0.15) is 6.54 Å². The molecule has 17 heavy (non-hydrogen) atoms. The summed E-state index contributed by atoms with van der Waals surface area (Å²) < 4.78 is 10.1. The van der Waals surface area contributed by atoms with E-state index in [9.17, 15) is 4.79 Å². The molecule has 0 aromatic carbocycles. The quantitative estimate of drug-likeness (QED) is 0.788. The summed E-state index contributed by atoms with van der Waals surface area (Å²) in [5.74, 6) is 0.670. The van der Waals surface area contributed by atoms with Gasteiger partial charge in [-0.15, -0.1) is 0 Å². The minimum absolute atomic E-state index is 0.273. The van der Waals surface area contributed by atoms with Crippen LogP contribution in [-0.4, -0.2) is 25.2 Å². The number of rotatable bonds is 5. The molecule has 0 spiro atoms. The maximum Gasteiger partial charge on any atom is 0.373 e. The molecule has 0 atom stereocenters. The summed E-state index contributed by atoms with van der Waals surface area (Å²) in [6.45, 7) is 9.50. The molecule has 96 valence electrons. The van der Waals surface area contributed by atoms with E-state index in [1.807, 2.05) is 6.07 Å². The second kappa shape index (κ2) is 5.87. The van der Waals surface area contributed by atoms with Crippen molar-refractivity contribution < 1.29 is 18.8 Å². The lowest BCUT2D eigenvalue weighted by molar-refractivity contribution is -0.956. The third-order valence-electron chi connectivity index (χ3n) is 2.91. The Morgan fingerprint density at radius 2 is 1.88 bits per heavy atom. The molecule has 1 heterocycles. The van der Waals surface area contributed by atoms with Crippen LogP contribution in [0.2, 0.25) is 0 Å². The van der Waals surface area contributed by atoms with Crippen LogP contribution in [0.5, 0.6) is 0 Å². The van der Waals surface area contributed by atoms with Gasteiger partial charge < -0.3 is 14.1 Å². The highest BCUT2D eigenvalue weighted by molar-refractivity contribution is 5.86. The van der Waals surface area contributed by atoms with Crippen molar-refractivity contribution in [3.8, 4) is 0 Å². The van der Waals surface area contributed by atoms with E-state index in [1.165, 1.54) is 12.0 Å². The topological polar surface area (TPSA) is 43.9 Å². The van der Waals surface area contributed by atoms with E-state index in [0.29, 0.717) is 12.1 Å². The Morgan fingerprint density at radius 1 is 1.29 bits per heavy atom. The van der Waals surface area contributed by atoms with Crippen LogP contribution in [0.4, 0.5) is 0 Å². The van der Waals surface area contributed by atoms with Crippen molar-refractivity contribution >= 4 is 5.97 Å². The first-order valence-corrected chi connectivity index (χ1v) is 5.98. The maximum absolute atomic E-state index is 11.3. The molecule has 1 aromatic heterocycles. The molecule has 0 unspecified atom stereocenters. The number of quaternary nitrogens is 1. The lowest BCUT2D eigenvalue weighted by Gasteiger charge is -2.26. The second-order valence-corrected chi connectivity index (χ2v) is 4.82. The number of carbonyl (C=O) groups is 1. The smallest absolute Gasteiger partial charge is 0.373 e. The van der Waals surface area contributed by atoms with Crippen LogP contribution in [-0.2, 0) is 11.3 Å². The molecule has 0 aliphatic rings. The number of ether oxygens (including phenoxy) is 1. The summed E-state index contributed by atoms with van der Waals surface area (Å²) >= 11 is 0. The van der Waals surface area contributed by atoms with Gasteiger partial charge in [-0.2, -0.15) is 0 Å². The standard InChI is InChI=1S/C13H21NO3/c1-9(2)14(10(3)4)8-11-6-7-12(17-11)13(15)16-5/h6-7,9-10H,8H2,1-5H3/p+1. The fourth-order valence-electron chi connectivity index (χ4n) is 1.96. The monoisotopic (exact) mass is 240 g/mol. The average molecular weight is 240 g/mol. The fraction of sp³-hybridized carbons (Fsp3) is 0.615. The van der Waals surface area contributed by atoms with E-state index in [0.717, 1.165) is 12.3 Å². The zero-order valence-corrected chi connectivity index (χ0v) is 11.2. The number of nitrogens with one attached hydrogen (secondary N) is 1. The molecule has 1 aromatic rings. The molecule has 0 aliphatic heterocycles. The highest BCUT2D eigenvalue weighted by atomic mass is 16.5. The van der Waals surface area contributed by atoms with Crippen molar-refractivity contribution in [2.45, 2.75) is 46.3 Å². The number of furan rings is 1. The van der Waals surface area contributed by atoms with Gasteiger partial charge >= 0.3 is 5.97 Å². The molecular formula is C13H22NO3+. The van der Waals surface area contributed by atoms with Gasteiger partial charge in [-0.05, 0) is 39.8 Å². The van der Waals surface area contributed by atoms with Crippen molar-refractivity contribution in [3.05, 3.63) is 23.7 Å². The van der Waals surface area contributed by atoms with E-state index in [4.69, 9.17) is 4.42 Å². The highest BCUT2D eigenvalue weighted by Crippen LogP contribution is 2.08. The second-order valence-electron chi connectivity index (χ2n) is 4.82. The molecule has 4 heteroatoms. The van der Waals surface area contributed by atoms with Crippen LogP contribution < -0.4 is 4.90 Å². The summed E-state index contributed by atoms with van der Waals surface area (Å²) in [6.07, 6.45) is 0. The third-order valence-corrected chi connectivity index (χ3v) is 2.91. The van der Waals surface area contributed by atoms with Crippen molar-refractivity contribution in [3.63, 3.8) is 0 Å². The van der Waals surface area contributed by atoms with Crippen LogP contribution in [0.1, 0.15) is 44.0 Å². The number of carbonyl (C=O) groups excluding carboxylic acids is 1. The maximum atomic E-state index is 11.3. The Hall–Kier alpha value is -1.29. The Kier molecular flexibility index (Phi) is 4.75. The molecule has 1 rings (SSSR count). The summed E-state index contributed by atoms with van der Waals surface area (Å²) in [4.78, 5) is 12.7. The van der Waals surface area contributed by atoms with Gasteiger partial charge in [0, 0.05) is 0 Å². The summed E-state index contributed by atoms with van der Waals surface area (Å²) in [5, 5.41) is 0. The molecule has 0 fully saturated rings. The summed E-state index contributed by atoms with van der Waals surface area (Å²) in [5.41, 5.74) is 0. The van der Waals surface area contributed by atoms with Gasteiger partial charge in [-0.3, -0.25) is 0 Å². The minimum Gasteiger partial charge on any atom is -0.463 e. The van der Waals surface area contributed by atoms with Gasteiger partial charge in [-0.1, -0.05) is 0 Å². The zero-order chi connectivity index (χ0) is 13.0. The summed E-state index contributed by atoms with van der Waals surface area (Å²) in [6, 6.07) is 4.54. The average Bonchev–Trinajstić information content (AvgIpc) is 2.72. The van der Waals surface area contributed by atoms with E-state index >= 15 is 0 Å². The molecule has 0 saturated heterocycles. The van der Waals surface area contributed by atoms with E-state index < -0.39 is 5.97 Å². The van der Waals surface area contributed by atoms with Crippen molar-refractivity contribution in [2.24, 2.45) is 0 Å². The molecule has 0 radical (unpaired) electrons. The normalized spacial score (nSPS) is 11.5. The Bertz CT molecular complexity index is 360.